The second kappa shape index (κ2) is 7.23. The third kappa shape index (κ3) is 3.69. The molecule has 1 amide bonds. The first-order valence-electron chi connectivity index (χ1n) is 8.87. The minimum absolute atomic E-state index is 0.0701. The third-order valence-corrected chi connectivity index (χ3v) is 4.76. The first-order valence-corrected chi connectivity index (χ1v) is 8.87. The molecule has 4 aromatic rings. The number of halogens is 2. The number of fused-ring (bicyclic) bond motifs is 2. The van der Waals surface area contributed by atoms with Crippen LogP contribution in [-0.4, -0.2) is 22.0 Å². The van der Waals surface area contributed by atoms with Gasteiger partial charge in [-0.25, -0.2) is 8.78 Å². The Hall–Kier alpha value is -3.15. The Morgan fingerprint density at radius 1 is 1.07 bits per heavy atom. The van der Waals surface area contributed by atoms with Crippen LogP contribution in [0, 0.1) is 11.6 Å². The van der Waals surface area contributed by atoms with E-state index in [-0.39, 0.29) is 17.5 Å². The molecule has 2 aromatic heterocycles. The molecule has 2 aromatic carbocycles. The Balaban J connectivity index is 1.31. The summed E-state index contributed by atoms with van der Waals surface area (Å²) in [5.41, 5.74) is 2.63. The molecule has 0 aliphatic rings. The van der Waals surface area contributed by atoms with Gasteiger partial charge in [-0.2, -0.15) is 0 Å². The van der Waals surface area contributed by atoms with E-state index in [9.17, 15) is 13.6 Å². The van der Waals surface area contributed by atoms with Crippen LogP contribution in [0.3, 0.4) is 0 Å². The molecular formula is C21H19F2N3O. The van der Waals surface area contributed by atoms with Crippen molar-refractivity contribution in [2.24, 2.45) is 0 Å². The van der Waals surface area contributed by atoms with Crippen molar-refractivity contribution >= 4 is 27.7 Å². The van der Waals surface area contributed by atoms with Crippen molar-refractivity contribution in [2.75, 3.05) is 6.54 Å². The highest BCUT2D eigenvalue weighted by molar-refractivity contribution is 5.83. The quantitative estimate of drug-likeness (QED) is 0.528. The van der Waals surface area contributed by atoms with E-state index in [0.29, 0.717) is 25.9 Å². The van der Waals surface area contributed by atoms with Crippen LogP contribution >= 0.6 is 0 Å². The van der Waals surface area contributed by atoms with Crippen molar-refractivity contribution in [1.29, 1.82) is 0 Å². The predicted molar refractivity (Wildman–Crippen MR) is 101 cm³/mol. The maximum absolute atomic E-state index is 13.4. The minimum atomic E-state index is -0.290. The van der Waals surface area contributed by atoms with Crippen molar-refractivity contribution in [2.45, 2.75) is 19.4 Å². The van der Waals surface area contributed by atoms with Crippen molar-refractivity contribution in [3.8, 4) is 0 Å². The van der Waals surface area contributed by atoms with Gasteiger partial charge in [-0.15, -0.1) is 0 Å². The Labute approximate surface area is 154 Å². The largest absolute Gasteiger partial charge is 0.361 e. The van der Waals surface area contributed by atoms with Crippen LogP contribution in [0.4, 0.5) is 8.78 Å². The maximum atomic E-state index is 13.4. The molecule has 0 aliphatic heterocycles. The molecule has 0 radical (unpaired) electrons. The van der Waals surface area contributed by atoms with E-state index in [2.05, 4.69) is 10.3 Å². The summed E-state index contributed by atoms with van der Waals surface area (Å²) in [5.74, 6) is -0.635. The van der Waals surface area contributed by atoms with Gasteiger partial charge in [0.2, 0.25) is 5.91 Å². The first-order chi connectivity index (χ1) is 13.1. The highest BCUT2D eigenvalue weighted by atomic mass is 19.1. The van der Waals surface area contributed by atoms with Gasteiger partial charge in [0.25, 0.3) is 0 Å². The van der Waals surface area contributed by atoms with Crippen LogP contribution in [0.15, 0.2) is 54.9 Å². The van der Waals surface area contributed by atoms with Gasteiger partial charge in [0.1, 0.15) is 11.6 Å². The Kier molecular flexibility index (Phi) is 4.62. The highest BCUT2D eigenvalue weighted by Gasteiger charge is 2.08. The lowest BCUT2D eigenvalue weighted by Gasteiger charge is -2.07. The smallest absolute Gasteiger partial charge is 0.221 e. The van der Waals surface area contributed by atoms with Crippen LogP contribution in [0.1, 0.15) is 12.0 Å². The van der Waals surface area contributed by atoms with Crippen molar-refractivity contribution < 1.29 is 13.6 Å². The number of aromatic nitrogens is 2. The maximum Gasteiger partial charge on any atom is 0.221 e. The fraction of sp³-hybridized carbons (Fsp3) is 0.190. The number of amides is 1. The number of carbonyl (C=O) groups is 1. The molecule has 2 N–H and O–H groups in total. The van der Waals surface area contributed by atoms with Gasteiger partial charge in [0, 0.05) is 42.8 Å². The van der Waals surface area contributed by atoms with Crippen LogP contribution in [0.25, 0.3) is 21.8 Å². The van der Waals surface area contributed by atoms with E-state index in [0.717, 1.165) is 27.4 Å². The molecule has 138 valence electrons. The molecule has 4 rings (SSSR count). The molecule has 0 saturated carbocycles. The molecular weight excluding hydrogens is 348 g/mol. The van der Waals surface area contributed by atoms with Gasteiger partial charge in [-0.3, -0.25) is 4.79 Å². The van der Waals surface area contributed by atoms with Crippen LogP contribution in [0.5, 0.6) is 0 Å². The third-order valence-electron chi connectivity index (χ3n) is 4.76. The number of carbonyl (C=O) groups excluding carboxylic acids is 1. The monoisotopic (exact) mass is 367 g/mol. The zero-order chi connectivity index (χ0) is 18.8. The van der Waals surface area contributed by atoms with Gasteiger partial charge in [0.15, 0.2) is 0 Å². The van der Waals surface area contributed by atoms with Crippen molar-refractivity contribution in [3.63, 3.8) is 0 Å². The summed E-state index contributed by atoms with van der Waals surface area (Å²) in [6.45, 7) is 0.959. The Morgan fingerprint density at radius 2 is 1.89 bits per heavy atom. The standard InChI is InChI=1S/C21H19F2N3O/c22-16-3-4-19-18(11-16)15(13-25-19)5-8-24-21(27)7-10-26-9-6-14-1-2-17(23)12-20(14)26/h1-4,6,9,11-13,25H,5,7-8,10H2,(H,24,27). The molecule has 0 unspecified atom stereocenters. The van der Waals surface area contributed by atoms with Crippen molar-refractivity contribution in [1.82, 2.24) is 14.9 Å². The van der Waals surface area contributed by atoms with Crippen molar-refractivity contribution in [3.05, 3.63) is 72.1 Å². The average Bonchev–Trinajstić information content (AvgIpc) is 3.23. The van der Waals surface area contributed by atoms with E-state index in [4.69, 9.17) is 0 Å². The zero-order valence-corrected chi connectivity index (χ0v) is 14.6. The lowest BCUT2D eigenvalue weighted by molar-refractivity contribution is -0.121. The number of aryl methyl sites for hydroxylation is 1. The molecule has 0 aliphatic carbocycles. The van der Waals surface area contributed by atoms with Gasteiger partial charge < -0.3 is 14.9 Å². The number of rotatable bonds is 6. The number of aromatic amines is 1. The van der Waals surface area contributed by atoms with Crippen LogP contribution in [0.2, 0.25) is 0 Å². The number of hydrogen-bond donors (Lipinski definition) is 2. The minimum Gasteiger partial charge on any atom is -0.361 e. The average molecular weight is 367 g/mol. The first kappa shape index (κ1) is 17.3. The molecule has 2 heterocycles. The second-order valence-corrected chi connectivity index (χ2v) is 6.57. The molecule has 27 heavy (non-hydrogen) atoms. The summed E-state index contributed by atoms with van der Waals surface area (Å²) >= 11 is 0. The summed E-state index contributed by atoms with van der Waals surface area (Å²) in [6.07, 6.45) is 4.63. The topological polar surface area (TPSA) is 49.8 Å². The highest BCUT2D eigenvalue weighted by Crippen LogP contribution is 2.20. The van der Waals surface area contributed by atoms with E-state index < -0.39 is 0 Å². The number of nitrogens with one attached hydrogen (secondary N) is 2. The number of nitrogens with zero attached hydrogens (tertiary/aromatic N) is 1. The number of H-pyrrole nitrogens is 1. The van der Waals surface area contributed by atoms with Gasteiger partial charge in [-0.05, 0) is 59.8 Å². The normalized spacial score (nSPS) is 11.3. The van der Waals surface area contributed by atoms with E-state index in [1.807, 2.05) is 23.0 Å². The van der Waals surface area contributed by atoms with E-state index in [1.54, 1.807) is 12.1 Å². The predicted octanol–water partition coefficient (Wildman–Crippen LogP) is 4.15. The molecule has 0 spiro atoms. The molecule has 0 saturated heterocycles. The summed E-state index contributed by atoms with van der Waals surface area (Å²) < 4.78 is 28.7. The fourth-order valence-electron chi connectivity index (χ4n) is 3.36. The number of benzene rings is 2. The van der Waals surface area contributed by atoms with Crippen LogP contribution in [-0.2, 0) is 17.8 Å². The molecule has 4 nitrogen and oxygen atoms in total. The molecule has 0 bridgehead atoms. The van der Waals surface area contributed by atoms with Gasteiger partial charge in [-0.1, -0.05) is 0 Å². The zero-order valence-electron chi connectivity index (χ0n) is 14.6. The summed E-state index contributed by atoms with van der Waals surface area (Å²) in [6, 6.07) is 11.2. The summed E-state index contributed by atoms with van der Waals surface area (Å²) in [4.78, 5) is 15.2. The SMILES string of the molecule is O=C(CCn1ccc2ccc(F)cc21)NCCc1c[nH]c2ccc(F)cc12. The second-order valence-electron chi connectivity index (χ2n) is 6.57. The van der Waals surface area contributed by atoms with Gasteiger partial charge in [0.05, 0.1) is 5.52 Å². The summed E-state index contributed by atoms with van der Waals surface area (Å²) in [7, 11) is 0. The molecule has 0 fully saturated rings. The van der Waals surface area contributed by atoms with Crippen LogP contribution < -0.4 is 5.32 Å². The lowest BCUT2D eigenvalue weighted by Crippen LogP contribution is -2.26. The lowest BCUT2D eigenvalue weighted by atomic mass is 10.1. The van der Waals surface area contributed by atoms with E-state index >= 15 is 0 Å². The van der Waals surface area contributed by atoms with E-state index in [1.165, 1.54) is 24.3 Å². The fourth-order valence-corrected chi connectivity index (χ4v) is 3.36. The molecule has 0 atom stereocenters. The Bertz CT molecular complexity index is 1110. The number of hydrogen-bond acceptors (Lipinski definition) is 1. The van der Waals surface area contributed by atoms with Gasteiger partial charge >= 0.3 is 0 Å². The summed E-state index contributed by atoms with van der Waals surface area (Å²) in [5, 5.41) is 4.67. The molecule has 6 heteroatoms. The Morgan fingerprint density at radius 3 is 2.78 bits per heavy atom.